The van der Waals surface area contributed by atoms with Crippen molar-refractivity contribution in [2.45, 2.75) is 95.3 Å². The Labute approximate surface area is 224 Å². The van der Waals surface area contributed by atoms with Crippen LogP contribution >= 0.6 is 0 Å². The third-order valence-electron chi connectivity index (χ3n) is 8.63. The lowest BCUT2D eigenvalue weighted by atomic mass is 9.90. The second-order valence-electron chi connectivity index (χ2n) is 11.3. The number of nitrogens with zero attached hydrogens (tertiary/aromatic N) is 3. The van der Waals surface area contributed by atoms with Crippen LogP contribution in [0.5, 0.6) is 0 Å². The van der Waals surface area contributed by atoms with Crippen molar-refractivity contribution in [3.63, 3.8) is 0 Å². The summed E-state index contributed by atoms with van der Waals surface area (Å²) in [6, 6.07) is 13.3. The molecule has 38 heavy (non-hydrogen) atoms. The second kappa shape index (κ2) is 11.6. The number of benzene rings is 1. The second-order valence-corrected chi connectivity index (χ2v) is 11.3. The van der Waals surface area contributed by atoms with Crippen molar-refractivity contribution >= 4 is 11.7 Å². The SMILES string of the molecule is O=C(NC1CCC(NCc2nccc(NCc3cc(C4CCCC4)n[nH]3)n2)CC1)C1Cc2ccccc2C1. The molecule has 2 saturated carbocycles. The van der Waals surface area contributed by atoms with Crippen molar-refractivity contribution in [1.82, 2.24) is 30.8 Å². The zero-order valence-corrected chi connectivity index (χ0v) is 22.1. The number of rotatable bonds is 9. The summed E-state index contributed by atoms with van der Waals surface area (Å²) in [7, 11) is 0. The van der Waals surface area contributed by atoms with Crippen LogP contribution in [0.2, 0.25) is 0 Å². The van der Waals surface area contributed by atoms with Crippen molar-refractivity contribution in [3.8, 4) is 0 Å². The van der Waals surface area contributed by atoms with Gasteiger partial charge < -0.3 is 16.0 Å². The molecule has 2 heterocycles. The smallest absolute Gasteiger partial charge is 0.223 e. The molecular weight excluding hydrogens is 474 g/mol. The molecule has 0 bridgehead atoms. The van der Waals surface area contributed by atoms with Gasteiger partial charge in [-0.1, -0.05) is 37.1 Å². The Kier molecular flexibility index (Phi) is 7.67. The van der Waals surface area contributed by atoms with Gasteiger partial charge in [0.25, 0.3) is 0 Å². The van der Waals surface area contributed by atoms with Crippen LogP contribution in [0.4, 0.5) is 5.82 Å². The Balaban J connectivity index is 0.914. The van der Waals surface area contributed by atoms with Gasteiger partial charge in [0.2, 0.25) is 5.91 Å². The molecule has 0 aliphatic heterocycles. The van der Waals surface area contributed by atoms with Gasteiger partial charge in [-0.3, -0.25) is 9.89 Å². The maximum atomic E-state index is 12.9. The van der Waals surface area contributed by atoms with Crippen LogP contribution < -0.4 is 16.0 Å². The molecule has 1 amide bonds. The summed E-state index contributed by atoms with van der Waals surface area (Å²) in [6.07, 6.45) is 12.8. The van der Waals surface area contributed by atoms with Gasteiger partial charge in [-0.2, -0.15) is 5.10 Å². The van der Waals surface area contributed by atoms with Crippen molar-refractivity contribution < 1.29 is 4.79 Å². The number of anilines is 1. The topological polar surface area (TPSA) is 108 Å². The van der Waals surface area contributed by atoms with E-state index in [1.807, 2.05) is 12.3 Å². The van der Waals surface area contributed by atoms with Crippen LogP contribution in [0.25, 0.3) is 0 Å². The van der Waals surface area contributed by atoms with Crippen LogP contribution in [0, 0.1) is 5.92 Å². The number of hydrogen-bond acceptors (Lipinski definition) is 6. The third-order valence-corrected chi connectivity index (χ3v) is 8.63. The highest BCUT2D eigenvalue weighted by Crippen LogP contribution is 2.33. The summed E-state index contributed by atoms with van der Waals surface area (Å²) in [4.78, 5) is 22.0. The van der Waals surface area contributed by atoms with E-state index in [1.165, 1.54) is 42.5 Å². The van der Waals surface area contributed by atoms with E-state index >= 15 is 0 Å². The molecular formula is C30H39N7O. The number of carbonyl (C=O) groups excluding carboxylic acids is 1. The molecule has 0 spiro atoms. The van der Waals surface area contributed by atoms with Gasteiger partial charge in [0.05, 0.1) is 24.5 Å². The van der Waals surface area contributed by atoms with Gasteiger partial charge in [-0.05, 0) is 74.6 Å². The molecule has 0 radical (unpaired) electrons. The number of aromatic nitrogens is 4. The van der Waals surface area contributed by atoms with E-state index in [0.29, 0.717) is 25.0 Å². The number of amides is 1. The molecule has 3 aromatic rings. The molecule has 0 unspecified atom stereocenters. The number of nitrogens with one attached hydrogen (secondary N) is 4. The minimum Gasteiger partial charge on any atom is -0.364 e. The van der Waals surface area contributed by atoms with Crippen molar-refractivity contribution in [3.05, 3.63) is 70.9 Å². The molecule has 2 aromatic heterocycles. The predicted molar refractivity (Wildman–Crippen MR) is 148 cm³/mol. The monoisotopic (exact) mass is 513 g/mol. The standard InChI is InChI=1S/C30H39N7O/c38-30(23-15-21-7-3-4-8-22(21)16-23)34-25-11-9-24(10-12-25)32-19-29-31-14-13-28(35-29)33-18-26-17-27(37-36-26)20-5-1-2-6-20/h3-4,7-8,13-14,17,20,23-25,32H,1-2,5-6,9-12,15-16,18-19H2,(H,34,38)(H,36,37)(H,31,33,35). The van der Waals surface area contributed by atoms with E-state index in [4.69, 9.17) is 4.98 Å². The Hall–Kier alpha value is -3.26. The first-order chi connectivity index (χ1) is 18.7. The summed E-state index contributed by atoms with van der Waals surface area (Å²) in [5.41, 5.74) is 4.95. The third kappa shape index (κ3) is 6.07. The van der Waals surface area contributed by atoms with E-state index in [9.17, 15) is 4.79 Å². The normalized spacial score (nSPS) is 21.9. The van der Waals surface area contributed by atoms with Crippen molar-refractivity contribution in [2.75, 3.05) is 5.32 Å². The highest BCUT2D eigenvalue weighted by Gasteiger charge is 2.30. The van der Waals surface area contributed by atoms with E-state index < -0.39 is 0 Å². The summed E-state index contributed by atoms with van der Waals surface area (Å²) in [5, 5.41) is 18.1. The molecule has 4 N–H and O–H groups in total. The number of fused-ring (bicyclic) bond motifs is 1. The zero-order chi connectivity index (χ0) is 25.7. The van der Waals surface area contributed by atoms with Crippen molar-refractivity contribution in [1.29, 1.82) is 0 Å². The fraction of sp³-hybridized carbons (Fsp3) is 0.533. The number of carbonyl (C=O) groups is 1. The average molecular weight is 514 g/mol. The van der Waals surface area contributed by atoms with Crippen LogP contribution in [0.1, 0.15) is 85.6 Å². The van der Waals surface area contributed by atoms with Gasteiger partial charge in [0, 0.05) is 30.1 Å². The Bertz CT molecular complexity index is 1200. The number of H-pyrrole nitrogens is 1. The fourth-order valence-corrected chi connectivity index (χ4v) is 6.41. The molecule has 6 rings (SSSR count). The largest absolute Gasteiger partial charge is 0.364 e. The van der Waals surface area contributed by atoms with Gasteiger partial charge in [0.1, 0.15) is 11.6 Å². The fourth-order valence-electron chi connectivity index (χ4n) is 6.41. The zero-order valence-electron chi connectivity index (χ0n) is 22.1. The molecule has 2 fully saturated rings. The lowest BCUT2D eigenvalue weighted by Gasteiger charge is -2.30. The molecule has 0 atom stereocenters. The van der Waals surface area contributed by atoms with E-state index in [2.05, 4.69) is 61.5 Å². The first-order valence-corrected chi connectivity index (χ1v) is 14.4. The first kappa shape index (κ1) is 25.0. The van der Waals surface area contributed by atoms with Gasteiger partial charge >= 0.3 is 0 Å². The molecule has 1 aromatic carbocycles. The molecule has 0 saturated heterocycles. The molecule has 3 aliphatic rings. The number of hydrogen-bond donors (Lipinski definition) is 4. The first-order valence-electron chi connectivity index (χ1n) is 14.4. The Morgan fingerprint density at radius 3 is 2.42 bits per heavy atom. The molecule has 8 heteroatoms. The van der Waals surface area contributed by atoms with Crippen LogP contribution in [0.15, 0.2) is 42.6 Å². The van der Waals surface area contributed by atoms with Gasteiger partial charge in [0.15, 0.2) is 0 Å². The molecule has 8 nitrogen and oxygen atoms in total. The summed E-state index contributed by atoms with van der Waals surface area (Å²) < 4.78 is 0. The molecule has 200 valence electrons. The maximum Gasteiger partial charge on any atom is 0.223 e. The van der Waals surface area contributed by atoms with Crippen LogP contribution in [0.3, 0.4) is 0 Å². The number of aromatic amines is 1. The van der Waals surface area contributed by atoms with Crippen LogP contribution in [-0.4, -0.2) is 38.2 Å². The van der Waals surface area contributed by atoms with E-state index in [-0.39, 0.29) is 17.9 Å². The summed E-state index contributed by atoms with van der Waals surface area (Å²) in [5.74, 6) is 2.55. The van der Waals surface area contributed by atoms with E-state index in [1.54, 1.807) is 0 Å². The lowest BCUT2D eigenvalue weighted by Crippen LogP contribution is -2.44. The lowest BCUT2D eigenvalue weighted by molar-refractivity contribution is -0.125. The minimum atomic E-state index is 0.0869. The minimum absolute atomic E-state index is 0.0869. The highest BCUT2D eigenvalue weighted by molar-refractivity contribution is 5.80. The Morgan fingerprint density at radius 1 is 0.921 bits per heavy atom. The van der Waals surface area contributed by atoms with Gasteiger partial charge in [-0.25, -0.2) is 9.97 Å². The highest BCUT2D eigenvalue weighted by atomic mass is 16.1. The predicted octanol–water partition coefficient (Wildman–Crippen LogP) is 4.40. The van der Waals surface area contributed by atoms with Crippen LogP contribution in [-0.2, 0) is 30.7 Å². The molecule has 3 aliphatic carbocycles. The van der Waals surface area contributed by atoms with Gasteiger partial charge in [-0.15, -0.1) is 0 Å². The quantitative estimate of drug-likeness (QED) is 0.338. The maximum absolute atomic E-state index is 12.9. The van der Waals surface area contributed by atoms with E-state index in [0.717, 1.165) is 55.9 Å². The summed E-state index contributed by atoms with van der Waals surface area (Å²) >= 11 is 0. The average Bonchev–Trinajstić information content (AvgIpc) is 3.72. The van der Waals surface area contributed by atoms with Crippen molar-refractivity contribution in [2.24, 2.45) is 5.92 Å². The Morgan fingerprint density at radius 2 is 1.66 bits per heavy atom. The summed E-state index contributed by atoms with van der Waals surface area (Å²) in [6.45, 7) is 1.32.